The van der Waals surface area contributed by atoms with Crippen LogP contribution in [-0.4, -0.2) is 44.5 Å². The summed E-state index contributed by atoms with van der Waals surface area (Å²) in [7, 11) is 1.85. The third-order valence-corrected chi connectivity index (χ3v) is 5.76. The van der Waals surface area contributed by atoms with E-state index in [1.165, 1.54) is 0 Å². The maximum atomic E-state index is 9.80. The van der Waals surface area contributed by atoms with E-state index in [-0.39, 0.29) is 5.69 Å². The number of hydrogen-bond acceptors (Lipinski definition) is 7. The van der Waals surface area contributed by atoms with E-state index in [9.17, 15) is 5.26 Å². The Morgan fingerprint density at radius 2 is 2.19 bits per heavy atom. The first-order valence-electron chi connectivity index (χ1n) is 10.3. The van der Waals surface area contributed by atoms with Gasteiger partial charge in [0.05, 0.1) is 17.1 Å². The first-order chi connectivity index (χ1) is 15.6. The molecule has 3 aromatic heterocycles. The summed E-state index contributed by atoms with van der Waals surface area (Å²) in [6.45, 7) is 2.13. The first kappa shape index (κ1) is 20.4. The highest BCUT2D eigenvalue weighted by atomic mass is 35.5. The second kappa shape index (κ2) is 8.54. The van der Waals surface area contributed by atoms with Gasteiger partial charge in [0.15, 0.2) is 11.5 Å². The van der Waals surface area contributed by atoms with Crippen molar-refractivity contribution in [3.05, 3.63) is 53.4 Å². The minimum Gasteiger partial charge on any atom is -0.381 e. The molecule has 0 spiro atoms. The molecule has 1 aromatic carbocycles. The third-order valence-electron chi connectivity index (χ3n) is 5.47. The number of nitrogens with one attached hydrogen (secondary N) is 1. The van der Waals surface area contributed by atoms with E-state index < -0.39 is 0 Å². The number of nitriles is 1. The van der Waals surface area contributed by atoms with Crippen LogP contribution in [-0.2, 0) is 11.8 Å². The summed E-state index contributed by atoms with van der Waals surface area (Å²) in [6, 6.07) is 11.6. The number of rotatable bonds is 5. The van der Waals surface area contributed by atoms with Gasteiger partial charge >= 0.3 is 0 Å². The van der Waals surface area contributed by atoms with Gasteiger partial charge in [0.1, 0.15) is 23.2 Å². The lowest BCUT2D eigenvalue weighted by atomic mass is 10.0. The first-order valence-corrected chi connectivity index (χ1v) is 10.7. The average molecular weight is 446 g/mol. The predicted molar refractivity (Wildman–Crippen MR) is 122 cm³/mol. The Labute approximate surface area is 189 Å². The molecule has 1 saturated heterocycles. The lowest BCUT2D eigenvalue weighted by Crippen LogP contribution is -2.16. The molecule has 1 atom stereocenters. The molecule has 1 N–H and O–H groups in total. The molecule has 9 heteroatoms. The normalized spacial score (nSPS) is 15.7. The van der Waals surface area contributed by atoms with Crippen molar-refractivity contribution in [2.24, 2.45) is 13.0 Å². The van der Waals surface area contributed by atoms with E-state index in [1.807, 2.05) is 37.5 Å². The summed E-state index contributed by atoms with van der Waals surface area (Å²) in [5, 5.41) is 19.0. The molecule has 0 bridgehead atoms. The lowest BCUT2D eigenvalue weighted by Gasteiger charge is -2.14. The van der Waals surface area contributed by atoms with Crippen LogP contribution in [0.25, 0.3) is 33.5 Å². The van der Waals surface area contributed by atoms with Crippen molar-refractivity contribution in [2.75, 3.05) is 25.1 Å². The fraction of sp³-hybridized carbons (Fsp3) is 0.261. The minimum atomic E-state index is 0.223. The number of hydrogen-bond donors (Lipinski definition) is 1. The Morgan fingerprint density at radius 1 is 1.28 bits per heavy atom. The quantitative estimate of drug-likeness (QED) is 0.494. The summed E-state index contributed by atoms with van der Waals surface area (Å²) < 4.78 is 7.16. The molecule has 0 radical (unpaired) electrons. The third kappa shape index (κ3) is 3.88. The maximum Gasteiger partial charge on any atom is 0.183 e. The van der Waals surface area contributed by atoms with Gasteiger partial charge in [0.2, 0.25) is 0 Å². The van der Waals surface area contributed by atoms with Crippen LogP contribution >= 0.6 is 11.6 Å². The van der Waals surface area contributed by atoms with Gasteiger partial charge in [-0.1, -0.05) is 17.7 Å². The zero-order chi connectivity index (χ0) is 22.1. The number of ether oxygens (including phenoxy) is 1. The van der Waals surface area contributed by atoms with Gasteiger partial charge in [-0.2, -0.15) is 10.4 Å². The minimum absolute atomic E-state index is 0.223. The molecule has 1 unspecified atom stereocenters. The van der Waals surface area contributed by atoms with Crippen LogP contribution in [0.4, 0.5) is 5.82 Å². The van der Waals surface area contributed by atoms with Gasteiger partial charge in [-0.3, -0.25) is 9.67 Å². The van der Waals surface area contributed by atoms with Crippen LogP contribution in [0.5, 0.6) is 0 Å². The molecule has 1 aliphatic heterocycles. The Hall–Kier alpha value is -3.54. The Bertz CT molecular complexity index is 1340. The van der Waals surface area contributed by atoms with Crippen LogP contribution in [0, 0.1) is 17.2 Å². The lowest BCUT2D eigenvalue weighted by molar-refractivity contribution is 0.187. The number of benzene rings is 1. The van der Waals surface area contributed by atoms with Crippen LogP contribution in [0.15, 0.2) is 42.7 Å². The standard InChI is InChI=1S/C23H20ClN7O/c1-31-7-4-18(30-31)22-21(16-9-15-3-2-6-26-20(15)17(24)10-16)28-19(11-25)23(29-22)27-12-14-5-8-32-13-14/h2-4,6-7,9-10,14H,5,8,12-13H2,1H3,(H,27,29). The number of aryl methyl sites for hydroxylation is 1. The molecule has 0 saturated carbocycles. The van der Waals surface area contributed by atoms with E-state index in [0.717, 1.165) is 24.0 Å². The molecule has 8 nitrogen and oxygen atoms in total. The fourth-order valence-electron chi connectivity index (χ4n) is 3.83. The van der Waals surface area contributed by atoms with Gasteiger partial charge in [0.25, 0.3) is 0 Å². The maximum absolute atomic E-state index is 9.80. The van der Waals surface area contributed by atoms with Crippen molar-refractivity contribution in [1.29, 1.82) is 5.26 Å². The molecular weight excluding hydrogens is 426 g/mol. The van der Waals surface area contributed by atoms with Crippen molar-refractivity contribution >= 4 is 28.3 Å². The molecule has 1 fully saturated rings. The molecule has 0 aliphatic carbocycles. The number of halogens is 1. The number of fused-ring (bicyclic) bond motifs is 1. The van der Waals surface area contributed by atoms with Gasteiger partial charge in [-0.15, -0.1) is 0 Å². The molecule has 1 aliphatic rings. The van der Waals surface area contributed by atoms with Gasteiger partial charge in [-0.25, -0.2) is 9.97 Å². The zero-order valence-electron chi connectivity index (χ0n) is 17.4. The van der Waals surface area contributed by atoms with Crippen LogP contribution < -0.4 is 5.32 Å². The van der Waals surface area contributed by atoms with Crippen molar-refractivity contribution in [1.82, 2.24) is 24.7 Å². The van der Waals surface area contributed by atoms with Crippen LogP contribution in [0.2, 0.25) is 5.02 Å². The summed E-state index contributed by atoms with van der Waals surface area (Å²) in [5.74, 6) is 0.825. The molecule has 5 rings (SSSR count). The van der Waals surface area contributed by atoms with Crippen LogP contribution in [0.1, 0.15) is 12.1 Å². The SMILES string of the molecule is Cn1ccc(-c2nc(NCC3CCOC3)c(C#N)nc2-c2cc(Cl)c3ncccc3c2)n1. The fourth-order valence-corrected chi connectivity index (χ4v) is 4.10. The summed E-state index contributed by atoms with van der Waals surface area (Å²) in [5.41, 5.74) is 3.46. The van der Waals surface area contributed by atoms with E-state index >= 15 is 0 Å². The second-order valence-corrected chi connectivity index (χ2v) is 8.16. The van der Waals surface area contributed by atoms with E-state index in [1.54, 1.807) is 16.9 Å². The van der Waals surface area contributed by atoms with E-state index in [0.29, 0.717) is 52.5 Å². The van der Waals surface area contributed by atoms with Crippen LogP contribution in [0.3, 0.4) is 0 Å². The predicted octanol–water partition coefficient (Wildman–Crippen LogP) is 4.07. The summed E-state index contributed by atoms with van der Waals surface area (Å²) in [6.07, 6.45) is 4.53. The van der Waals surface area contributed by atoms with Gasteiger partial charge in [-0.05, 0) is 30.7 Å². The molecule has 0 amide bonds. The highest BCUT2D eigenvalue weighted by Crippen LogP contribution is 2.34. The summed E-state index contributed by atoms with van der Waals surface area (Å²) in [4.78, 5) is 13.9. The van der Waals surface area contributed by atoms with Crippen molar-refractivity contribution < 1.29 is 4.74 Å². The second-order valence-electron chi connectivity index (χ2n) is 7.75. The highest BCUT2D eigenvalue weighted by Gasteiger charge is 2.21. The Morgan fingerprint density at radius 3 is 2.94 bits per heavy atom. The molecule has 160 valence electrons. The largest absolute Gasteiger partial charge is 0.381 e. The van der Waals surface area contributed by atoms with Crippen molar-refractivity contribution in [3.8, 4) is 28.7 Å². The van der Waals surface area contributed by atoms with Crippen molar-refractivity contribution in [2.45, 2.75) is 6.42 Å². The summed E-state index contributed by atoms with van der Waals surface area (Å²) >= 11 is 6.52. The molecule has 32 heavy (non-hydrogen) atoms. The number of aromatic nitrogens is 5. The Balaban J connectivity index is 1.65. The van der Waals surface area contributed by atoms with Crippen molar-refractivity contribution in [3.63, 3.8) is 0 Å². The number of anilines is 1. The topological polar surface area (TPSA) is 102 Å². The highest BCUT2D eigenvalue weighted by molar-refractivity contribution is 6.35. The number of nitrogens with zero attached hydrogens (tertiary/aromatic N) is 6. The average Bonchev–Trinajstić information content (AvgIpc) is 3.49. The Kier molecular flexibility index (Phi) is 5.43. The van der Waals surface area contributed by atoms with Gasteiger partial charge < -0.3 is 10.1 Å². The smallest absolute Gasteiger partial charge is 0.183 e. The van der Waals surface area contributed by atoms with E-state index in [4.69, 9.17) is 26.3 Å². The molecule has 4 aromatic rings. The zero-order valence-corrected chi connectivity index (χ0v) is 18.2. The van der Waals surface area contributed by atoms with Gasteiger partial charge in [0, 0.05) is 49.5 Å². The molecule has 4 heterocycles. The molecular formula is C23H20ClN7O. The number of pyridine rings is 1. The monoisotopic (exact) mass is 445 g/mol. The van der Waals surface area contributed by atoms with E-state index in [2.05, 4.69) is 21.5 Å².